The summed E-state index contributed by atoms with van der Waals surface area (Å²) in [6.07, 6.45) is 2.90. The molecule has 1 saturated heterocycles. The van der Waals surface area contributed by atoms with Gasteiger partial charge in [-0.05, 0) is 32.7 Å². The molecule has 2 atom stereocenters. The summed E-state index contributed by atoms with van der Waals surface area (Å²) in [5.74, 6) is 0. The van der Waals surface area contributed by atoms with Crippen molar-refractivity contribution in [2.24, 2.45) is 0 Å². The minimum absolute atomic E-state index is 0.231. The highest BCUT2D eigenvalue weighted by Gasteiger charge is 2.25. The van der Waals surface area contributed by atoms with Gasteiger partial charge in [-0.15, -0.1) is 0 Å². The van der Waals surface area contributed by atoms with Crippen molar-refractivity contribution in [1.29, 1.82) is 0 Å². The fraction of sp³-hybridized carbons (Fsp3) is 1.00. The predicted molar refractivity (Wildman–Crippen MR) is 70.1 cm³/mol. The largest absolute Gasteiger partial charge is 0.396 e. The summed E-state index contributed by atoms with van der Waals surface area (Å²) in [5.41, 5.74) is 0. The van der Waals surface area contributed by atoms with Crippen LogP contribution in [0.1, 0.15) is 33.1 Å². The minimum atomic E-state index is -0.231. The Labute approximate surface area is 105 Å². The molecule has 4 heteroatoms. The molecule has 1 heterocycles. The summed E-state index contributed by atoms with van der Waals surface area (Å²) in [5, 5.41) is 18.3. The molecule has 0 aromatic rings. The van der Waals surface area contributed by atoms with Gasteiger partial charge in [0.05, 0.1) is 6.10 Å². The van der Waals surface area contributed by atoms with E-state index in [1.54, 1.807) is 0 Å². The zero-order chi connectivity index (χ0) is 12.7. The van der Waals surface area contributed by atoms with Crippen LogP contribution in [0.2, 0.25) is 0 Å². The second-order valence-corrected chi connectivity index (χ2v) is 5.14. The van der Waals surface area contributed by atoms with Gasteiger partial charge in [0.2, 0.25) is 0 Å². The zero-order valence-corrected chi connectivity index (χ0v) is 11.3. The van der Waals surface area contributed by atoms with Crippen LogP contribution in [-0.2, 0) is 0 Å². The number of hydrogen-bond donors (Lipinski definition) is 2. The number of hydrogen-bond acceptors (Lipinski definition) is 4. The van der Waals surface area contributed by atoms with E-state index in [-0.39, 0.29) is 6.10 Å². The molecule has 0 saturated carbocycles. The minimum Gasteiger partial charge on any atom is -0.396 e. The van der Waals surface area contributed by atoms with Crippen molar-refractivity contribution in [3.05, 3.63) is 0 Å². The summed E-state index contributed by atoms with van der Waals surface area (Å²) in [6.45, 7) is 9.53. The molecule has 1 aliphatic heterocycles. The Bertz CT molecular complexity index is 200. The van der Waals surface area contributed by atoms with Gasteiger partial charge in [0.1, 0.15) is 0 Å². The van der Waals surface area contributed by atoms with E-state index < -0.39 is 0 Å². The Balaban J connectivity index is 2.32. The molecule has 0 aliphatic carbocycles. The normalized spacial score (nSPS) is 25.1. The maximum Gasteiger partial charge on any atom is 0.0639 e. The molecule has 0 amide bonds. The number of piperazine rings is 1. The maximum atomic E-state index is 9.47. The third kappa shape index (κ3) is 5.34. The highest BCUT2D eigenvalue weighted by molar-refractivity contribution is 4.82. The van der Waals surface area contributed by atoms with Gasteiger partial charge >= 0.3 is 0 Å². The molecular weight excluding hydrogens is 216 g/mol. The number of unbranched alkanes of at least 4 members (excludes halogenated alkanes) is 1. The monoisotopic (exact) mass is 244 g/mol. The Kier molecular flexibility index (Phi) is 7.04. The summed E-state index contributed by atoms with van der Waals surface area (Å²) in [4.78, 5) is 4.90. The molecular formula is C13H28N2O2. The average Bonchev–Trinajstić information content (AvgIpc) is 2.30. The van der Waals surface area contributed by atoms with Crippen molar-refractivity contribution in [3.63, 3.8) is 0 Å². The molecule has 0 unspecified atom stereocenters. The second-order valence-electron chi connectivity index (χ2n) is 5.14. The van der Waals surface area contributed by atoms with Crippen molar-refractivity contribution in [2.75, 3.05) is 39.3 Å². The fourth-order valence-corrected chi connectivity index (χ4v) is 2.57. The molecule has 4 nitrogen and oxygen atoms in total. The number of aliphatic hydroxyl groups is 2. The van der Waals surface area contributed by atoms with Crippen LogP contribution in [0.3, 0.4) is 0 Å². The van der Waals surface area contributed by atoms with E-state index in [4.69, 9.17) is 5.11 Å². The van der Waals surface area contributed by atoms with E-state index in [2.05, 4.69) is 16.7 Å². The van der Waals surface area contributed by atoms with Crippen molar-refractivity contribution in [1.82, 2.24) is 9.80 Å². The summed E-state index contributed by atoms with van der Waals surface area (Å²) in [6, 6.07) is 0.576. The summed E-state index contributed by atoms with van der Waals surface area (Å²) in [7, 11) is 0. The predicted octanol–water partition coefficient (Wildman–Crippen LogP) is 0.536. The quantitative estimate of drug-likeness (QED) is 0.642. The SMILES string of the molecule is CC[C@H]1CN(CCCCO)CCN1C[C@H](C)O. The number of aliphatic hydroxyl groups excluding tert-OH is 2. The van der Waals surface area contributed by atoms with Gasteiger partial charge in [0, 0.05) is 38.8 Å². The molecule has 17 heavy (non-hydrogen) atoms. The van der Waals surface area contributed by atoms with Crippen LogP contribution >= 0.6 is 0 Å². The summed E-state index contributed by atoms with van der Waals surface area (Å²) >= 11 is 0. The number of nitrogens with zero attached hydrogens (tertiary/aromatic N) is 2. The Hall–Kier alpha value is -0.160. The smallest absolute Gasteiger partial charge is 0.0639 e. The number of rotatable bonds is 7. The molecule has 0 aromatic heterocycles. The lowest BCUT2D eigenvalue weighted by molar-refractivity contribution is 0.0357. The fourth-order valence-electron chi connectivity index (χ4n) is 2.57. The van der Waals surface area contributed by atoms with Crippen molar-refractivity contribution in [2.45, 2.75) is 45.3 Å². The molecule has 1 aliphatic rings. The van der Waals surface area contributed by atoms with Gasteiger partial charge in [-0.3, -0.25) is 4.90 Å². The number of β-amino-alcohol motifs (C(OH)–C–C–N with tert-alkyl or cyclic N) is 1. The van der Waals surface area contributed by atoms with Gasteiger partial charge in [0.25, 0.3) is 0 Å². The lowest BCUT2D eigenvalue weighted by Crippen LogP contribution is -2.54. The van der Waals surface area contributed by atoms with Gasteiger partial charge in [-0.2, -0.15) is 0 Å². The first-order valence-electron chi connectivity index (χ1n) is 6.92. The van der Waals surface area contributed by atoms with E-state index in [1.807, 2.05) is 6.92 Å². The third-order valence-corrected chi connectivity index (χ3v) is 3.54. The van der Waals surface area contributed by atoms with Crippen LogP contribution in [0, 0.1) is 0 Å². The van der Waals surface area contributed by atoms with E-state index in [0.717, 1.165) is 52.0 Å². The average molecular weight is 244 g/mol. The third-order valence-electron chi connectivity index (χ3n) is 3.54. The van der Waals surface area contributed by atoms with Gasteiger partial charge in [-0.1, -0.05) is 6.92 Å². The topological polar surface area (TPSA) is 46.9 Å². The van der Waals surface area contributed by atoms with Gasteiger partial charge in [0.15, 0.2) is 0 Å². The van der Waals surface area contributed by atoms with E-state index in [9.17, 15) is 5.11 Å². The molecule has 1 fully saturated rings. The highest BCUT2D eigenvalue weighted by Crippen LogP contribution is 2.13. The first-order chi connectivity index (χ1) is 8.17. The van der Waals surface area contributed by atoms with Crippen LogP contribution in [0.4, 0.5) is 0 Å². The molecule has 1 rings (SSSR count). The van der Waals surface area contributed by atoms with Gasteiger partial charge < -0.3 is 15.1 Å². The molecule has 2 N–H and O–H groups in total. The standard InChI is InChI=1S/C13H28N2O2/c1-3-13-11-14(6-4-5-9-16)7-8-15(13)10-12(2)17/h12-13,16-17H,3-11H2,1-2H3/t12-,13-/m0/s1. The van der Waals surface area contributed by atoms with Crippen LogP contribution in [0.25, 0.3) is 0 Å². The molecule has 0 bridgehead atoms. The van der Waals surface area contributed by atoms with Crippen molar-refractivity contribution >= 4 is 0 Å². The Morgan fingerprint density at radius 2 is 2.06 bits per heavy atom. The van der Waals surface area contributed by atoms with Gasteiger partial charge in [-0.25, -0.2) is 0 Å². The van der Waals surface area contributed by atoms with E-state index in [0.29, 0.717) is 12.6 Å². The lowest BCUT2D eigenvalue weighted by atomic mass is 10.1. The molecule has 0 aromatic carbocycles. The molecule has 0 radical (unpaired) electrons. The van der Waals surface area contributed by atoms with Crippen LogP contribution in [0.5, 0.6) is 0 Å². The van der Waals surface area contributed by atoms with Crippen LogP contribution in [-0.4, -0.2) is 71.5 Å². The van der Waals surface area contributed by atoms with Crippen molar-refractivity contribution < 1.29 is 10.2 Å². The van der Waals surface area contributed by atoms with E-state index >= 15 is 0 Å². The second kappa shape index (κ2) is 8.03. The Morgan fingerprint density at radius 3 is 2.65 bits per heavy atom. The van der Waals surface area contributed by atoms with E-state index in [1.165, 1.54) is 0 Å². The first-order valence-corrected chi connectivity index (χ1v) is 6.92. The van der Waals surface area contributed by atoms with Crippen molar-refractivity contribution in [3.8, 4) is 0 Å². The summed E-state index contributed by atoms with van der Waals surface area (Å²) < 4.78 is 0. The lowest BCUT2D eigenvalue weighted by Gasteiger charge is -2.41. The zero-order valence-electron chi connectivity index (χ0n) is 11.3. The van der Waals surface area contributed by atoms with Crippen LogP contribution < -0.4 is 0 Å². The highest BCUT2D eigenvalue weighted by atomic mass is 16.3. The maximum absolute atomic E-state index is 9.47. The molecule has 0 spiro atoms. The Morgan fingerprint density at radius 1 is 1.29 bits per heavy atom. The first kappa shape index (κ1) is 14.9. The molecule has 102 valence electrons. The van der Waals surface area contributed by atoms with Crippen LogP contribution in [0.15, 0.2) is 0 Å².